The lowest BCUT2D eigenvalue weighted by Gasteiger charge is -2.19. The Morgan fingerprint density at radius 2 is 2.32 bits per heavy atom. The van der Waals surface area contributed by atoms with E-state index in [-0.39, 0.29) is 0 Å². The van der Waals surface area contributed by atoms with Gasteiger partial charge in [0, 0.05) is 17.6 Å². The largest absolute Gasteiger partial charge is 0.316 e. The van der Waals surface area contributed by atoms with Gasteiger partial charge < -0.3 is 5.32 Å². The predicted molar refractivity (Wildman–Crippen MR) is 76.8 cm³/mol. The lowest BCUT2D eigenvalue weighted by atomic mass is 10.1. The Morgan fingerprint density at radius 1 is 1.42 bits per heavy atom. The SMILES string of the molecule is Cc1nc(Nc2nccs2)cc([C@H]2CCCN2C)n1. The Morgan fingerprint density at radius 3 is 3.00 bits per heavy atom. The predicted octanol–water partition coefficient (Wildman–Crippen LogP) is 2.75. The molecule has 19 heavy (non-hydrogen) atoms. The summed E-state index contributed by atoms with van der Waals surface area (Å²) in [5.41, 5.74) is 1.10. The summed E-state index contributed by atoms with van der Waals surface area (Å²) in [6, 6.07) is 2.46. The van der Waals surface area contributed by atoms with Gasteiger partial charge >= 0.3 is 0 Å². The molecular weight excluding hydrogens is 258 g/mol. The summed E-state index contributed by atoms with van der Waals surface area (Å²) in [6.07, 6.45) is 4.19. The molecule has 0 bridgehead atoms. The second-order valence-electron chi connectivity index (χ2n) is 4.83. The van der Waals surface area contributed by atoms with Gasteiger partial charge in [0.2, 0.25) is 0 Å². The van der Waals surface area contributed by atoms with Crippen molar-refractivity contribution >= 4 is 22.3 Å². The van der Waals surface area contributed by atoms with Gasteiger partial charge in [-0.25, -0.2) is 15.0 Å². The Balaban J connectivity index is 1.87. The maximum atomic E-state index is 4.59. The van der Waals surface area contributed by atoms with Gasteiger partial charge in [-0.05, 0) is 33.4 Å². The molecule has 0 aliphatic carbocycles. The zero-order chi connectivity index (χ0) is 13.2. The van der Waals surface area contributed by atoms with Crippen molar-refractivity contribution in [2.75, 3.05) is 18.9 Å². The molecule has 0 aromatic carbocycles. The van der Waals surface area contributed by atoms with Gasteiger partial charge in [0.05, 0.1) is 11.7 Å². The minimum absolute atomic E-state index is 0.415. The minimum atomic E-state index is 0.415. The van der Waals surface area contributed by atoms with E-state index in [0.29, 0.717) is 6.04 Å². The fraction of sp³-hybridized carbons (Fsp3) is 0.462. The molecular formula is C13H17N5S. The van der Waals surface area contributed by atoms with Gasteiger partial charge in [0.25, 0.3) is 0 Å². The molecule has 3 rings (SSSR count). The summed E-state index contributed by atoms with van der Waals surface area (Å²) in [4.78, 5) is 15.6. The summed E-state index contributed by atoms with van der Waals surface area (Å²) in [6.45, 7) is 3.08. The molecule has 3 heterocycles. The molecule has 100 valence electrons. The zero-order valence-electron chi connectivity index (χ0n) is 11.1. The number of likely N-dealkylation sites (tertiary alicyclic amines) is 1. The van der Waals surface area contributed by atoms with Crippen LogP contribution < -0.4 is 5.32 Å². The third-order valence-corrected chi connectivity index (χ3v) is 4.08. The van der Waals surface area contributed by atoms with Crippen LogP contribution in [0.1, 0.15) is 30.4 Å². The fourth-order valence-electron chi connectivity index (χ4n) is 2.50. The molecule has 0 saturated carbocycles. The van der Waals surface area contributed by atoms with E-state index in [1.165, 1.54) is 12.8 Å². The van der Waals surface area contributed by atoms with E-state index < -0.39 is 0 Å². The monoisotopic (exact) mass is 275 g/mol. The van der Waals surface area contributed by atoms with Gasteiger partial charge in [-0.1, -0.05) is 0 Å². The maximum absolute atomic E-state index is 4.59. The number of nitrogens with one attached hydrogen (secondary N) is 1. The fourth-order valence-corrected chi connectivity index (χ4v) is 3.04. The Hall–Kier alpha value is -1.53. The van der Waals surface area contributed by atoms with Crippen LogP contribution in [-0.4, -0.2) is 33.4 Å². The third-order valence-electron chi connectivity index (χ3n) is 3.39. The average Bonchev–Trinajstić information content (AvgIpc) is 2.99. The van der Waals surface area contributed by atoms with Crippen LogP contribution in [0.2, 0.25) is 0 Å². The third kappa shape index (κ3) is 2.74. The molecule has 0 spiro atoms. The van der Waals surface area contributed by atoms with E-state index in [2.05, 4.69) is 32.2 Å². The van der Waals surface area contributed by atoms with Crippen LogP contribution >= 0.6 is 11.3 Å². The molecule has 2 aromatic rings. The molecule has 0 amide bonds. The normalized spacial score (nSPS) is 19.8. The summed E-state index contributed by atoms with van der Waals surface area (Å²) in [7, 11) is 2.16. The van der Waals surface area contributed by atoms with Gasteiger partial charge in [-0.15, -0.1) is 11.3 Å². The van der Waals surface area contributed by atoms with E-state index in [1.54, 1.807) is 17.5 Å². The van der Waals surface area contributed by atoms with Gasteiger partial charge in [0.15, 0.2) is 5.13 Å². The molecule has 1 fully saturated rings. The number of aromatic nitrogens is 3. The Kier molecular flexibility index (Phi) is 3.44. The van der Waals surface area contributed by atoms with Gasteiger partial charge in [0.1, 0.15) is 11.6 Å². The molecule has 0 unspecified atom stereocenters. The second kappa shape index (κ2) is 5.22. The van der Waals surface area contributed by atoms with E-state index in [1.807, 2.05) is 18.4 Å². The van der Waals surface area contributed by atoms with Crippen LogP contribution in [0.3, 0.4) is 0 Å². The molecule has 1 N–H and O–H groups in total. The van der Waals surface area contributed by atoms with Crippen LogP contribution in [0.25, 0.3) is 0 Å². The van der Waals surface area contributed by atoms with Crippen molar-refractivity contribution in [1.82, 2.24) is 19.9 Å². The van der Waals surface area contributed by atoms with Crippen molar-refractivity contribution in [2.24, 2.45) is 0 Å². The number of anilines is 2. The van der Waals surface area contributed by atoms with Crippen LogP contribution in [0.4, 0.5) is 10.9 Å². The molecule has 0 radical (unpaired) electrons. The standard InChI is InChI=1S/C13H17N5S/c1-9-15-10(11-4-3-6-18(11)2)8-12(16-9)17-13-14-5-7-19-13/h5,7-8,11H,3-4,6H2,1-2H3,(H,14,15,16,17)/t11-/m1/s1. The summed E-state index contributed by atoms with van der Waals surface area (Å²) < 4.78 is 0. The highest BCUT2D eigenvalue weighted by atomic mass is 32.1. The first kappa shape index (κ1) is 12.5. The number of nitrogens with zero attached hydrogens (tertiary/aromatic N) is 4. The van der Waals surface area contributed by atoms with Crippen LogP contribution in [-0.2, 0) is 0 Å². The molecule has 1 atom stereocenters. The van der Waals surface area contributed by atoms with Gasteiger partial charge in [-0.2, -0.15) is 0 Å². The topological polar surface area (TPSA) is 53.9 Å². The van der Waals surface area contributed by atoms with Crippen molar-refractivity contribution in [3.63, 3.8) is 0 Å². The number of hydrogen-bond acceptors (Lipinski definition) is 6. The van der Waals surface area contributed by atoms with E-state index >= 15 is 0 Å². The zero-order valence-corrected chi connectivity index (χ0v) is 11.9. The van der Waals surface area contributed by atoms with E-state index in [9.17, 15) is 0 Å². The van der Waals surface area contributed by atoms with Crippen molar-refractivity contribution in [2.45, 2.75) is 25.8 Å². The van der Waals surface area contributed by atoms with Crippen LogP contribution in [0.15, 0.2) is 17.6 Å². The van der Waals surface area contributed by atoms with Crippen LogP contribution in [0, 0.1) is 6.92 Å². The van der Waals surface area contributed by atoms with Gasteiger partial charge in [-0.3, -0.25) is 4.90 Å². The molecule has 1 aliphatic rings. The molecule has 6 heteroatoms. The number of rotatable bonds is 3. The maximum Gasteiger partial charge on any atom is 0.188 e. The summed E-state index contributed by atoms with van der Waals surface area (Å²) in [5, 5.41) is 6.05. The minimum Gasteiger partial charge on any atom is -0.316 e. The second-order valence-corrected chi connectivity index (χ2v) is 5.72. The number of hydrogen-bond donors (Lipinski definition) is 1. The van der Waals surface area contributed by atoms with E-state index in [0.717, 1.165) is 29.0 Å². The quantitative estimate of drug-likeness (QED) is 0.933. The first-order chi connectivity index (χ1) is 9.22. The van der Waals surface area contributed by atoms with Crippen molar-refractivity contribution < 1.29 is 0 Å². The molecule has 5 nitrogen and oxygen atoms in total. The highest BCUT2D eigenvalue weighted by Crippen LogP contribution is 2.30. The Labute approximate surface area is 116 Å². The summed E-state index contributed by atoms with van der Waals surface area (Å²) >= 11 is 1.57. The van der Waals surface area contributed by atoms with Crippen molar-refractivity contribution in [1.29, 1.82) is 0 Å². The number of thiazole rings is 1. The lowest BCUT2D eigenvalue weighted by Crippen LogP contribution is -2.19. The average molecular weight is 275 g/mol. The van der Waals surface area contributed by atoms with Crippen LogP contribution in [0.5, 0.6) is 0 Å². The molecule has 2 aromatic heterocycles. The van der Waals surface area contributed by atoms with Crippen molar-refractivity contribution in [3.05, 3.63) is 29.2 Å². The Bertz CT molecular complexity index is 554. The smallest absolute Gasteiger partial charge is 0.188 e. The van der Waals surface area contributed by atoms with E-state index in [4.69, 9.17) is 0 Å². The number of aryl methyl sites for hydroxylation is 1. The first-order valence-corrected chi connectivity index (χ1v) is 7.32. The highest BCUT2D eigenvalue weighted by Gasteiger charge is 2.24. The first-order valence-electron chi connectivity index (χ1n) is 6.45. The summed E-state index contributed by atoms with van der Waals surface area (Å²) in [5.74, 6) is 1.63. The highest BCUT2D eigenvalue weighted by molar-refractivity contribution is 7.13. The molecule has 1 saturated heterocycles. The van der Waals surface area contributed by atoms with Crippen molar-refractivity contribution in [3.8, 4) is 0 Å². The lowest BCUT2D eigenvalue weighted by molar-refractivity contribution is 0.311. The molecule has 1 aliphatic heterocycles.